The summed E-state index contributed by atoms with van der Waals surface area (Å²) in [5, 5.41) is -0.948. The Labute approximate surface area is 102 Å². The SMILES string of the molecule is O=C(CBr)c1ccc(C(F)(F)F)c(F)c1Cl. The number of carbonyl (C=O) groups excluding carboxylic acids is 1. The van der Waals surface area contributed by atoms with Crippen molar-refractivity contribution in [2.45, 2.75) is 6.18 Å². The number of alkyl halides is 4. The van der Waals surface area contributed by atoms with E-state index in [0.717, 1.165) is 6.07 Å². The molecule has 0 bridgehead atoms. The Morgan fingerprint density at radius 2 is 1.94 bits per heavy atom. The highest BCUT2D eigenvalue weighted by Gasteiger charge is 2.35. The number of carbonyl (C=O) groups is 1. The topological polar surface area (TPSA) is 17.1 Å². The summed E-state index contributed by atoms with van der Waals surface area (Å²) in [6.07, 6.45) is -4.83. The Hall–Kier alpha value is -0.620. The molecular weight excluding hydrogens is 315 g/mol. The monoisotopic (exact) mass is 318 g/mol. The van der Waals surface area contributed by atoms with E-state index in [-0.39, 0.29) is 10.9 Å². The first kappa shape index (κ1) is 13.4. The lowest BCUT2D eigenvalue weighted by Gasteiger charge is -2.10. The number of halogens is 6. The molecule has 7 heteroatoms. The van der Waals surface area contributed by atoms with Crippen molar-refractivity contribution >= 4 is 33.3 Å². The zero-order valence-corrected chi connectivity index (χ0v) is 9.88. The zero-order chi connectivity index (χ0) is 12.5. The first-order chi connectivity index (χ1) is 7.29. The fraction of sp³-hybridized carbons (Fsp3) is 0.222. The maximum Gasteiger partial charge on any atom is 0.419 e. The zero-order valence-electron chi connectivity index (χ0n) is 7.54. The molecule has 0 saturated carbocycles. The summed E-state index contributed by atoms with van der Waals surface area (Å²) in [5.41, 5.74) is -1.76. The predicted molar refractivity (Wildman–Crippen MR) is 54.5 cm³/mol. The molecule has 16 heavy (non-hydrogen) atoms. The number of rotatable bonds is 2. The van der Waals surface area contributed by atoms with Gasteiger partial charge in [0.1, 0.15) is 0 Å². The first-order valence-corrected chi connectivity index (χ1v) is 5.43. The van der Waals surface area contributed by atoms with Crippen LogP contribution in [0.5, 0.6) is 0 Å². The summed E-state index contributed by atoms with van der Waals surface area (Å²) in [6.45, 7) is 0. The molecule has 0 heterocycles. The highest BCUT2D eigenvalue weighted by atomic mass is 79.9. The van der Waals surface area contributed by atoms with Crippen molar-refractivity contribution in [3.63, 3.8) is 0 Å². The molecule has 1 aromatic rings. The van der Waals surface area contributed by atoms with Gasteiger partial charge in [-0.15, -0.1) is 0 Å². The summed E-state index contributed by atoms with van der Waals surface area (Å²) < 4.78 is 50.0. The highest BCUT2D eigenvalue weighted by Crippen LogP contribution is 2.35. The van der Waals surface area contributed by atoms with E-state index in [9.17, 15) is 22.4 Å². The number of ketones is 1. The molecule has 1 nitrogen and oxygen atoms in total. The number of benzene rings is 1. The Kier molecular flexibility index (Phi) is 3.96. The van der Waals surface area contributed by atoms with Crippen molar-refractivity contribution < 1.29 is 22.4 Å². The molecule has 0 aliphatic heterocycles. The fourth-order valence-electron chi connectivity index (χ4n) is 1.06. The van der Waals surface area contributed by atoms with Crippen molar-refractivity contribution in [2.24, 2.45) is 0 Å². The van der Waals surface area contributed by atoms with E-state index in [1.807, 2.05) is 0 Å². The third-order valence-electron chi connectivity index (χ3n) is 1.81. The lowest BCUT2D eigenvalue weighted by atomic mass is 10.1. The standard InChI is InChI=1S/C9H4BrClF4O/c10-3-6(16)4-1-2-5(9(13,14)15)8(12)7(4)11/h1-2H,3H2. The van der Waals surface area contributed by atoms with Crippen LogP contribution in [0.25, 0.3) is 0 Å². The van der Waals surface area contributed by atoms with Crippen LogP contribution in [-0.2, 0) is 6.18 Å². The molecule has 0 atom stereocenters. The molecule has 0 aliphatic carbocycles. The minimum atomic E-state index is -4.83. The van der Waals surface area contributed by atoms with Crippen molar-refractivity contribution in [2.75, 3.05) is 5.33 Å². The predicted octanol–water partition coefficient (Wildman–Crippen LogP) is 4.08. The van der Waals surface area contributed by atoms with E-state index >= 15 is 0 Å². The molecule has 0 saturated heterocycles. The first-order valence-electron chi connectivity index (χ1n) is 3.93. The van der Waals surface area contributed by atoms with Crippen LogP contribution in [-0.4, -0.2) is 11.1 Å². The smallest absolute Gasteiger partial charge is 0.293 e. The van der Waals surface area contributed by atoms with Crippen LogP contribution in [0.1, 0.15) is 15.9 Å². The van der Waals surface area contributed by atoms with Gasteiger partial charge in [0.2, 0.25) is 0 Å². The van der Waals surface area contributed by atoms with Crippen LogP contribution in [0.15, 0.2) is 12.1 Å². The number of hydrogen-bond donors (Lipinski definition) is 0. The van der Waals surface area contributed by atoms with Gasteiger partial charge in [-0.1, -0.05) is 27.5 Å². The average Bonchev–Trinajstić information content (AvgIpc) is 2.19. The van der Waals surface area contributed by atoms with Gasteiger partial charge < -0.3 is 0 Å². The Morgan fingerprint density at radius 1 is 1.38 bits per heavy atom. The minimum absolute atomic E-state index is 0.141. The van der Waals surface area contributed by atoms with Gasteiger partial charge >= 0.3 is 6.18 Å². The van der Waals surface area contributed by atoms with Gasteiger partial charge in [0.15, 0.2) is 11.6 Å². The average molecular weight is 319 g/mol. The molecule has 1 aromatic carbocycles. The second kappa shape index (κ2) is 4.71. The van der Waals surface area contributed by atoms with Crippen molar-refractivity contribution in [1.29, 1.82) is 0 Å². The van der Waals surface area contributed by atoms with E-state index in [1.165, 1.54) is 0 Å². The van der Waals surface area contributed by atoms with E-state index in [4.69, 9.17) is 11.6 Å². The summed E-state index contributed by atoms with van der Waals surface area (Å²) in [6, 6.07) is 1.36. The van der Waals surface area contributed by atoms with Gasteiger partial charge in [0.05, 0.1) is 15.9 Å². The fourth-order valence-corrected chi connectivity index (χ4v) is 1.63. The molecule has 1 rings (SSSR count). The largest absolute Gasteiger partial charge is 0.419 e. The van der Waals surface area contributed by atoms with Crippen molar-refractivity contribution in [3.8, 4) is 0 Å². The van der Waals surface area contributed by atoms with Crippen molar-refractivity contribution in [1.82, 2.24) is 0 Å². The summed E-state index contributed by atoms with van der Waals surface area (Å²) in [7, 11) is 0. The molecule has 0 amide bonds. The van der Waals surface area contributed by atoms with Crippen LogP contribution >= 0.6 is 27.5 Å². The second-order valence-electron chi connectivity index (χ2n) is 2.84. The Bertz CT molecular complexity index is 430. The van der Waals surface area contributed by atoms with Crippen LogP contribution in [0, 0.1) is 5.82 Å². The highest BCUT2D eigenvalue weighted by molar-refractivity contribution is 9.09. The maximum absolute atomic E-state index is 13.2. The second-order valence-corrected chi connectivity index (χ2v) is 3.78. The molecule has 0 spiro atoms. The van der Waals surface area contributed by atoms with Crippen LogP contribution < -0.4 is 0 Å². The Balaban J connectivity index is 3.35. The summed E-state index contributed by atoms with van der Waals surface area (Å²) >= 11 is 8.18. The molecule has 0 aliphatic rings. The van der Waals surface area contributed by atoms with Gasteiger partial charge in [-0.3, -0.25) is 4.79 Å². The van der Waals surface area contributed by atoms with Gasteiger partial charge in [-0.25, -0.2) is 4.39 Å². The molecule has 88 valence electrons. The summed E-state index contributed by atoms with van der Waals surface area (Å²) in [4.78, 5) is 11.2. The van der Waals surface area contributed by atoms with Crippen LogP contribution in [0.3, 0.4) is 0 Å². The molecule has 0 radical (unpaired) electrons. The molecule has 0 aromatic heterocycles. The van der Waals surface area contributed by atoms with Gasteiger partial charge in [-0.05, 0) is 12.1 Å². The minimum Gasteiger partial charge on any atom is -0.293 e. The van der Waals surface area contributed by atoms with E-state index in [2.05, 4.69) is 15.9 Å². The third-order valence-corrected chi connectivity index (χ3v) is 2.69. The lowest BCUT2D eigenvalue weighted by molar-refractivity contribution is -0.140. The van der Waals surface area contributed by atoms with Gasteiger partial charge in [-0.2, -0.15) is 13.2 Å². The summed E-state index contributed by atoms with van der Waals surface area (Å²) in [5.74, 6) is -2.21. The molecule has 0 fully saturated rings. The molecule has 0 N–H and O–H groups in total. The lowest BCUT2D eigenvalue weighted by Crippen LogP contribution is -2.11. The number of hydrogen-bond acceptors (Lipinski definition) is 1. The Morgan fingerprint density at radius 3 is 2.38 bits per heavy atom. The van der Waals surface area contributed by atoms with Crippen LogP contribution in [0.2, 0.25) is 5.02 Å². The number of Topliss-reactive ketones (excluding diaryl/α,β-unsaturated/α-hetero) is 1. The van der Waals surface area contributed by atoms with E-state index < -0.39 is 28.4 Å². The third kappa shape index (κ3) is 2.55. The van der Waals surface area contributed by atoms with Crippen molar-refractivity contribution in [3.05, 3.63) is 34.1 Å². The van der Waals surface area contributed by atoms with Gasteiger partial charge in [0, 0.05) is 5.56 Å². The van der Waals surface area contributed by atoms with E-state index in [0.29, 0.717) is 6.07 Å². The molecular formula is C9H4BrClF4O. The quantitative estimate of drug-likeness (QED) is 0.456. The van der Waals surface area contributed by atoms with Gasteiger partial charge in [0.25, 0.3) is 0 Å². The molecule has 0 unspecified atom stereocenters. The normalized spacial score (nSPS) is 11.6. The van der Waals surface area contributed by atoms with E-state index in [1.54, 1.807) is 0 Å². The maximum atomic E-state index is 13.2. The van der Waals surface area contributed by atoms with Crippen LogP contribution in [0.4, 0.5) is 17.6 Å².